The molecule has 0 aliphatic carbocycles. The second kappa shape index (κ2) is 6.61. The number of ether oxygens (including phenoxy) is 1. The van der Waals surface area contributed by atoms with Crippen LogP contribution in [0.25, 0.3) is 0 Å². The van der Waals surface area contributed by atoms with Gasteiger partial charge in [-0.05, 0) is 32.0 Å². The number of nitrogens with zero attached hydrogens (tertiary/aromatic N) is 1. The molecule has 0 heterocycles. The number of hydrogen-bond donors (Lipinski definition) is 1. The maximum Gasteiger partial charge on any atom is 0.234 e. The Labute approximate surface area is 109 Å². The van der Waals surface area contributed by atoms with Crippen molar-refractivity contribution < 1.29 is 13.2 Å². The molecule has 0 fully saturated rings. The fraction of sp³-hybridized carbons (Fsp3) is 0.500. The predicted octanol–water partition coefficient (Wildman–Crippen LogP) is 1.20. The molecule has 1 aromatic carbocycles. The molecule has 2 N–H and O–H groups in total. The van der Waals surface area contributed by atoms with E-state index >= 15 is 0 Å². The molecule has 0 aromatic heterocycles. The molecule has 6 heteroatoms. The smallest absolute Gasteiger partial charge is 0.234 e. The molecule has 0 bridgehead atoms. The number of rotatable bonds is 7. The van der Waals surface area contributed by atoms with Crippen molar-refractivity contribution in [3.63, 3.8) is 0 Å². The highest BCUT2D eigenvalue weighted by molar-refractivity contribution is 7.92. The van der Waals surface area contributed by atoms with Crippen LogP contribution in [-0.4, -0.2) is 34.4 Å². The molecule has 0 radical (unpaired) electrons. The number of benzene rings is 1. The van der Waals surface area contributed by atoms with Gasteiger partial charge in [-0.2, -0.15) is 0 Å². The van der Waals surface area contributed by atoms with Crippen molar-refractivity contribution in [3.8, 4) is 5.75 Å². The maximum atomic E-state index is 12.0. The highest BCUT2D eigenvalue weighted by atomic mass is 32.2. The summed E-state index contributed by atoms with van der Waals surface area (Å²) in [4.78, 5) is 0. The minimum absolute atomic E-state index is 0.0643. The van der Waals surface area contributed by atoms with Crippen LogP contribution in [0.4, 0.5) is 5.69 Å². The van der Waals surface area contributed by atoms with Crippen LogP contribution in [0.2, 0.25) is 0 Å². The van der Waals surface area contributed by atoms with E-state index in [9.17, 15) is 8.42 Å². The molecule has 0 unspecified atom stereocenters. The first-order valence-corrected chi connectivity index (χ1v) is 7.50. The lowest BCUT2D eigenvalue weighted by molar-refractivity contribution is 0.415. The highest BCUT2D eigenvalue weighted by Gasteiger charge is 2.20. The monoisotopic (exact) mass is 272 g/mol. The molecule has 0 saturated heterocycles. The molecule has 0 spiro atoms. The SMILES string of the molecule is CCS(=O)(=O)N(CCCN)c1cccc(OC)c1. The molecule has 0 aliphatic heterocycles. The zero-order chi connectivity index (χ0) is 13.6. The van der Waals surface area contributed by atoms with Gasteiger partial charge in [0.05, 0.1) is 18.6 Å². The van der Waals surface area contributed by atoms with Crippen molar-refractivity contribution in [2.24, 2.45) is 5.73 Å². The average Bonchev–Trinajstić information content (AvgIpc) is 2.39. The number of nitrogens with two attached hydrogens (primary N) is 1. The molecule has 102 valence electrons. The molecule has 1 rings (SSSR count). The van der Waals surface area contributed by atoms with E-state index < -0.39 is 10.0 Å². The number of anilines is 1. The van der Waals surface area contributed by atoms with E-state index in [-0.39, 0.29) is 5.75 Å². The summed E-state index contributed by atoms with van der Waals surface area (Å²) in [6, 6.07) is 7.02. The molecule has 18 heavy (non-hydrogen) atoms. The van der Waals surface area contributed by atoms with Gasteiger partial charge in [-0.3, -0.25) is 4.31 Å². The third-order valence-electron chi connectivity index (χ3n) is 2.61. The van der Waals surface area contributed by atoms with Crippen molar-refractivity contribution in [3.05, 3.63) is 24.3 Å². The van der Waals surface area contributed by atoms with Crippen molar-refractivity contribution in [2.45, 2.75) is 13.3 Å². The molecular formula is C12H20N2O3S. The summed E-state index contributed by atoms with van der Waals surface area (Å²) in [6.45, 7) is 2.48. The summed E-state index contributed by atoms with van der Waals surface area (Å²) in [5, 5.41) is 0. The van der Waals surface area contributed by atoms with Crippen molar-refractivity contribution >= 4 is 15.7 Å². The van der Waals surface area contributed by atoms with Crippen LogP contribution < -0.4 is 14.8 Å². The summed E-state index contributed by atoms with van der Waals surface area (Å²) in [5.74, 6) is 0.700. The van der Waals surface area contributed by atoms with E-state index in [2.05, 4.69) is 0 Å². The van der Waals surface area contributed by atoms with Gasteiger partial charge in [0.25, 0.3) is 0 Å². The van der Waals surface area contributed by atoms with Gasteiger partial charge < -0.3 is 10.5 Å². The summed E-state index contributed by atoms with van der Waals surface area (Å²) >= 11 is 0. The molecular weight excluding hydrogens is 252 g/mol. The van der Waals surface area contributed by atoms with Gasteiger partial charge >= 0.3 is 0 Å². The Kier molecular flexibility index (Phi) is 5.43. The van der Waals surface area contributed by atoms with Crippen LogP contribution in [0.3, 0.4) is 0 Å². The van der Waals surface area contributed by atoms with Gasteiger partial charge in [0, 0.05) is 12.6 Å². The predicted molar refractivity (Wildman–Crippen MR) is 73.5 cm³/mol. The summed E-state index contributed by atoms with van der Waals surface area (Å²) in [7, 11) is -1.74. The van der Waals surface area contributed by atoms with Crippen LogP contribution in [0.5, 0.6) is 5.75 Å². The Morgan fingerprint density at radius 1 is 1.39 bits per heavy atom. The lowest BCUT2D eigenvalue weighted by atomic mass is 10.3. The maximum absolute atomic E-state index is 12.0. The standard InChI is InChI=1S/C12H20N2O3S/c1-3-18(15,16)14(9-5-8-13)11-6-4-7-12(10-11)17-2/h4,6-7,10H,3,5,8-9,13H2,1-2H3. The molecule has 0 amide bonds. The van der Waals surface area contributed by atoms with Crippen LogP contribution in [-0.2, 0) is 10.0 Å². The Morgan fingerprint density at radius 2 is 2.11 bits per heavy atom. The highest BCUT2D eigenvalue weighted by Crippen LogP contribution is 2.23. The Morgan fingerprint density at radius 3 is 2.67 bits per heavy atom. The van der Waals surface area contributed by atoms with Crippen LogP contribution in [0.1, 0.15) is 13.3 Å². The molecule has 0 saturated carbocycles. The van der Waals surface area contributed by atoms with Crippen molar-refractivity contribution in [2.75, 3.05) is 30.3 Å². The number of sulfonamides is 1. The fourth-order valence-corrected chi connectivity index (χ4v) is 2.74. The minimum Gasteiger partial charge on any atom is -0.497 e. The first kappa shape index (κ1) is 14.8. The van der Waals surface area contributed by atoms with E-state index in [1.807, 2.05) is 0 Å². The minimum atomic E-state index is -3.29. The topological polar surface area (TPSA) is 72.6 Å². The second-order valence-electron chi connectivity index (χ2n) is 3.82. The zero-order valence-corrected chi connectivity index (χ0v) is 11.6. The molecule has 1 aromatic rings. The third-order valence-corrected chi connectivity index (χ3v) is 4.40. The quantitative estimate of drug-likeness (QED) is 0.809. The van der Waals surface area contributed by atoms with Crippen molar-refractivity contribution in [1.82, 2.24) is 0 Å². The number of methoxy groups -OCH3 is 1. The van der Waals surface area contributed by atoms with Crippen LogP contribution in [0.15, 0.2) is 24.3 Å². The van der Waals surface area contributed by atoms with Crippen LogP contribution in [0, 0.1) is 0 Å². The lowest BCUT2D eigenvalue weighted by Gasteiger charge is -2.24. The molecule has 0 atom stereocenters. The Hall–Kier alpha value is -1.27. The largest absolute Gasteiger partial charge is 0.497 e. The average molecular weight is 272 g/mol. The van der Waals surface area contributed by atoms with Gasteiger partial charge in [0.15, 0.2) is 0 Å². The van der Waals surface area contributed by atoms with E-state index in [0.29, 0.717) is 30.9 Å². The molecule has 5 nitrogen and oxygen atoms in total. The zero-order valence-electron chi connectivity index (χ0n) is 10.8. The van der Waals surface area contributed by atoms with Gasteiger partial charge in [0.1, 0.15) is 5.75 Å². The summed E-state index contributed by atoms with van der Waals surface area (Å²) in [5.41, 5.74) is 6.06. The lowest BCUT2D eigenvalue weighted by Crippen LogP contribution is -2.34. The fourth-order valence-electron chi connectivity index (χ4n) is 1.59. The van der Waals surface area contributed by atoms with Gasteiger partial charge in [-0.1, -0.05) is 6.07 Å². The van der Waals surface area contributed by atoms with E-state index in [1.165, 1.54) is 4.31 Å². The van der Waals surface area contributed by atoms with E-state index in [0.717, 1.165) is 0 Å². The summed E-state index contributed by atoms with van der Waals surface area (Å²) < 4.78 is 30.6. The van der Waals surface area contributed by atoms with E-state index in [4.69, 9.17) is 10.5 Å². The van der Waals surface area contributed by atoms with Crippen LogP contribution >= 0.6 is 0 Å². The Balaban J connectivity index is 3.08. The normalized spacial score (nSPS) is 11.3. The van der Waals surface area contributed by atoms with Gasteiger partial charge in [-0.15, -0.1) is 0 Å². The van der Waals surface area contributed by atoms with Gasteiger partial charge in [-0.25, -0.2) is 8.42 Å². The summed E-state index contributed by atoms with van der Waals surface area (Å²) in [6.07, 6.45) is 0.621. The molecule has 0 aliphatic rings. The second-order valence-corrected chi connectivity index (χ2v) is 6.00. The van der Waals surface area contributed by atoms with E-state index in [1.54, 1.807) is 38.3 Å². The first-order chi connectivity index (χ1) is 8.55. The van der Waals surface area contributed by atoms with Crippen molar-refractivity contribution in [1.29, 1.82) is 0 Å². The number of hydrogen-bond acceptors (Lipinski definition) is 4. The van der Waals surface area contributed by atoms with Gasteiger partial charge in [0.2, 0.25) is 10.0 Å². The Bertz CT molecular complexity index is 474. The first-order valence-electron chi connectivity index (χ1n) is 5.89. The third kappa shape index (κ3) is 3.61.